The van der Waals surface area contributed by atoms with Gasteiger partial charge in [0.2, 0.25) is 11.8 Å². The van der Waals surface area contributed by atoms with Gasteiger partial charge in [-0.3, -0.25) is 14.5 Å². The largest absolute Gasteiger partial charge is 0.467 e. The van der Waals surface area contributed by atoms with Crippen LogP contribution in [0.25, 0.3) is 0 Å². The Balaban J connectivity index is 1.45. The van der Waals surface area contributed by atoms with Gasteiger partial charge >= 0.3 is 6.18 Å². The van der Waals surface area contributed by atoms with Crippen LogP contribution in [-0.2, 0) is 22.3 Å². The molecule has 2 N–H and O–H groups in total. The van der Waals surface area contributed by atoms with Gasteiger partial charge in [0.15, 0.2) is 0 Å². The maximum absolute atomic E-state index is 13.0. The molecule has 0 aliphatic carbocycles. The zero-order valence-corrected chi connectivity index (χ0v) is 15.7. The van der Waals surface area contributed by atoms with Crippen molar-refractivity contribution in [1.82, 2.24) is 10.2 Å². The topological polar surface area (TPSA) is 74.6 Å². The van der Waals surface area contributed by atoms with Gasteiger partial charge in [0.1, 0.15) is 5.76 Å². The maximum Gasteiger partial charge on any atom is 0.418 e. The van der Waals surface area contributed by atoms with Crippen LogP contribution in [0.4, 0.5) is 18.9 Å². The summed E-state index contributed by atoms with van der Waals surface area (Å²) in [6.45, 7) is 1.35. The molecule has 1 aromatic carbocycles. The molecule has 6 nitrogen and oxygen atoms in total. The molecule has 0 unspecified atom stereocenters. The monoisotopic (exact) mass is 409 g/mol. The molecule has 9 heteroatoms. The quantitative estimate of drug-likeness (QED) is 0.768. The summed E-state index contributed by atoms with van der Waals surface area (Å²) in [4.78, 5) is 26.3. The lowest BCUT2D eigenvalue weighted by Crippen LogP contribution is -2.43. The van der Waals surface area contributed by atoms with Crippen molar-refractivity contribution in [3.8, 4) is 0 Å². The SMILES string of the molecule is O=C(CN1CCC(C(=O)NCc2ccco2)CC1)Nc1ccccc1C(F)(F)F. The molecule has 0 atom stereocenters. The number of hydrogen-bond acceptors (Lipinski definition) is 4. The molecule has 0 spiro atoms. The van der Waals surface area contributed by atoms with E-state index in [1.807, 2.05) is 4.90 Å². The molecular weight excluding hydrogens is 387 g/mol. The number of piperidine rings is 1. The molecule has 0 radical (unpaired) electrons. The van der Waals surface area contributed by atoms with Crippen molar-refractivity contribution >= 4 is 17.5 Å². The number of furan rings is 1. The molecule has 2 amide bonds. The minimum Gasteiger partial charge on any atom is -0.467 e. The predicted octanol–water partition coefficient (Wildman–Crippen LogP) is 3.27. The number of benzene rings is 1. The van der Waals surface area contributed by atoms with Crippen molar-refractivity contribution in [2.45, 2.75) is 25.6 Å². The van der Waals surface area contributed by atoms with Gasteiger partial charge in [0.25, 0.3) is 0 Å². The molecule has 1 fully saturated rings. The van der Waals surface area contributed by atoms with Gasteiger partial charge in [-0.2, -0.15) is 13.2 Å². The average molecular weight is 409 g/mol. The number of amides is 2. The fraction of sp³-hybridized carbons (Fsp3) is 0.400. The predicted molar refractivity (Wildman–Crippen MR) is 99.8 cm³/mol. The number of nitrogens with one attached hydrogen (secondary N) is 2. The first kappa shape index (κ1) is 20.9. The summed E-state index contributed by atoms with van der Waals surface area (Å²) in [5, 5.41) is 5.17. The Labute approximate surface area is 166 Å². The number of likely N-dealkylation sites (tertiary alicyclic amines) is 1. The Bertz CT molecular complexity index is 829. The smallest absolute Gasteiger partial charge is 0.418 e. The van der Waals surface area contributed by atoms with E-state index >= 15 is 0 Å². The van der Waals surface area contributed by atoms with E-state index < -0.39 is 17.6 Å². The third kappa shape index (κ3) is 5.83. The molecule has 2 heterocycles. The van der Waals surface area contributed by atoms with Gasteiger partial charge in [-0.1, -0.05) is 12.1 Å². The zero-order valence-electron chi connectivity index (χ0n) is 15.7. The number of carbonyl (C=O) groups excluding carboxylic acids is 2. The van der Waals surface area contributed by atoms with Crippen molar-refractivity contribution in [3.05, 3.63) is 54.0 Å². The lowest BCUT2D eigenvalue weighted by atomic mass is 9.96. The van der Waals surface area contributed by atoms with Gasteiger partial charge in [0.05, 0.1) is 30.6 Å². The van der Waals surface area contributed by atoms with E-state index in [1.54, 1.807) is 12.1 Å². The fourth-order valence-electron chi connectivity index (χ4n) is 3.32. The van der Waals surface area contributed by atoms with Gasteiger partial charge in [-0.15, -0.1) is 0 Å². The van der Waals surface area contributed by atoms with Crippen LogP contribution in [0.5, 0.6) is 0 Å². The first-order chi connectivity index (χ1) is 13.8. The summed E-state index contributed by atoms with van der Waals surface area (Å²) in [6.07, 6.45) is -1.84. The molecule has 3 rings (SSSR count). The Hall–Kier alpha value is -2.81. The van der Waals surface area contributed by atoms with E-state index in [0.29, 0.717) is 38.2 Å². The third-order valence-corrected chi connectivity index (χ3v) is 4.85. The highest BCUT2D eigenvalue weighted by molar-refractivity contribution is 5.93. The second-order valence-corrected chi connectivity index (χ2v) is 6.94. The first-order valence-corrected chi connectivity index (χ1v) is 9.31. The normalized spacial score (nSPS) is 15.8. The molecule has 0 saturated carbocycles. The summed E-state index contributed by atoms with van der Waals surface area (Å²) in [5.74, 6) is -0.0612. The van der Waals surface area contributed by atoms with Gasteiger partial charge < -0.3 is 15.1 Å². The lowest BCUT2D eigenvalue weighted by Gasteiger charge is -2.30. The molecule has 1 aliphatic rings. The second-order valence-electron chi connectivity index (χ2n) is 6.94. The Morgan fingerprint density at radius 2 is 1.83 bits per heavy atom. The number of anilines is 1. The zero-order chi connectivity index (χ0) is 20.9. The minimum atomic E-state index is -4.54. The van der Waals surface area contributed by atoms with E-state index in [2.05, 4.69) is 10.6 Å². The standard InChI is InChI=1S/C20H22F3N3O3/c21-20(22,23)16-5-1-2-6-17(16)25-18(27)13-26-9-7-14(8-10-26)19(28)24-12-15-4-3-11-29-15/h1-6,11,14H,7-10,12-13H2,(H,24,28)(H,25,27). The number of para-hydroxylation sites is 1. The Morgan fingerprint density at radius 3 is 2.48 bits per heavy atom. The maximum atomic E-state index is 13.0. The van der Waals surface area contributed by atoms with Crippen molar-refractivity contribution in [3.63, 3.8) is 0 Å². The fourth-order valence-corrected chi connectivity index (χ4v) is 3.32. The van der Waals surface area contributed by atoms with Crippen molar-refractivity contribution in [1.29, 1.82) is 0 Å². The van der Waals surface area contributed by atoms with Crippen molar-refractivity contribution < 1.29 is 27.2 Å². The molecule has 1 aliphatic heterocycles. The van der Waals surface area contributed by atoms with Crippen LogP contribution < -0.4 is 10.6 Å². The van der Waals surface area contributed by atoms with Gasteiger partial charge in [0, 0.05) is 5.92 Å². The second kappa shape index (κ2) is 9.13. The van der Waals surface area contributed by atoms with Gasteiger partial charge in [-0.05, 0) is 50.2 Å². The van der Waals surface area contributed by atoms with Crippen molar-refractivity contribution in [2.75, 3.05) is 25.0 Å². The summed E-state index contributed by atoms with van der Waals surface area (Å²) in [6, 6.07) is 8.41. The van der Waals surface area contributed by atoms with Crippen LogP contribution in [-0.4, -0.2) is 36.3 Å². The van der Waals surface area contributed by atoms with Crippen LogP contribution in [0.15, 0.2) is 47.1 Å². The van der Waals surface area contributed by atoms with Crippen molar-refractivity contribution in [2.24, 2.45) is 5.92 Å². The molecule has 1 aromatic heterocycles. The van der Waals surface area contributed by atoms with Crippen LogP contribution in [0, 0.1) is 5.92 Å². The van der Waals surface area contributed by atoms with Crippen LogP contribution in [0.2, 0.25) is 0 Å². The molecule has 156 valence electrons. The van der Waals surface area contributed by atoms with Gasteiger partial charge in [-0.25, -0.2) is 0 Å². The molecule has 1 saturated heterocycles. The Kier molecular flexibility index (Phi) is 6.58. The highest BCUT2D eigenvalue weighted by Gasteiger charge is 2.33. The number of hydrogen-bond donors (Lipinski definition) is 2. The summed E-state index contributed by atoms with van der Waals surface area (Å²) in [7, 11) is 0. The number of carbonyl (C=O) groups is 2. The van der Waals surface area contributed by atoms with Crippen LogP contribution in [0.1, 0.15) is 24.2 Å². The molecule has 2 aromatic rings. The Morgan fingerprint density at radius 1 is 1.10 bits per heavy atom. The first-order valence-electron chi connectivity index (χ1n) is 9.31. The number of rotatable bonds is 6. The van der Waals surface area contributed by atoms with E-state index in [4.69, 9.17) is 4.42 Å². The highest BCUT2D eigenvalue weighted by atomic mass is 19.4. The summed E-state index contributed by atoms with van der Waals surface area (Å²) < 4.78 is 44.2. The highest BCUT2D eigenvalue weighted by Crippen LogP contribution is 2.34. The van der Waals surface area contributed by atoms with E-state index in [9.17, 15) is 22.8 Å². The number of alkyl halides is 3. The van der Waals surface area contributed by atoms with E-state index in [-0.39, 0.29) is 24.1 Å². The van der Waals surface area contributed by atoms with E-state index in [1.165, 1.54) is 24.5 Å². The van der Waals surface area contributed by atoms with Crippen LogP contribution in [0.3, 0.4) is 0 Å². The van der Waals surface area contributed by atoms with E-state index in [0.717, 1.165) is 6.07 Å². The average Bonchev–Trinajstić information content (AvgIpc) is 3.20. The third-order valence-electron chi connectivity index (χ3n) is 4.85. The minimum absolute atomic E-state index is 0.0209. The summed E-state index contributed by atoms with van der Waals surface area (Å²) >= 11 is 0. The summed E-state index contributed by atoms with van der Waals surface area (Å²) in [5.41, 5.74) is -1.13. The number of nitrogens with zero attached hydrogens (tertiary/aromatic N) is 1. The molecular formula is C20H22F3N3O3. The number of halogens is 3. The lowest BCUT2D eigenvalue weighted by molar-refractivity contribution is -0.137. The molecule has 0 bridgehead atoms. The molecule has 29 heavy (non-hydrogen) atoms. The van der Waals surface area contributed by atoms with Crippen LogP contribution >= 0.6 is 0 Å².